The van der Waals surface area contributed by atoms with Gasteiger partial charge in [0.15, 0.2) is 17.3 Å². The Morgan fingerprint density at radius 1 is 1.21 bits per heavy atom. The van der Waals surface area contributed by atoms with Crippen LogP contribution in [0.25, 0.3) is 6.08 Å². The van der Waals surface area contributed by atoms with Gasteiger partial charge < -0.3 is 18.9 Å². The summed E-state index contributed by atoms with van der Waals surface area (Å²) in [4.78, 5) is 24.3. The average molecular weight is 326 g/mol. The van der Waals surface area contributed by atoms with Crippen LogP contribution in [0.3, 0.4) is 0 Å². The fraction of sp³-hybridized carbons (Fsp3) is 0.222. The molecule has 6 nitrogen and oxygen atoms in total. The van der Waals surface area contributed by atoms with Gasteiger partial charge in [0, 0.05) is 0 Å². The summed E-state index contributed by atoms with van der Waals surface area (Å²) in [5.41, 5.74) is 1.10. The van der Waals surface area contributed by atoms with Crippen molar-refractivity contribution in [2.75, 3.05) is 21.0 Å². The molecular weight excluding hydrogens is 312 g/mol. The summed E-state index contributed by atoms with van der Waals surface area (Å²) in [6.45, 7) is 0.159. The lowest BCUT2D eigenvalue weighted by Crippen LogP contribution is -2.30. The molecule has 0 saturated carbocycles. The molecule has 1 unspecified atom stereocenters. The monoisotopic (exact) mass is 326 g/mol. The van der Waals surface area contributed by atoms with E-state index in [1.54, 1.807) is 18.2 Å². The normalized spacial score (nSPS) is 23.0. The van der Waals surface area contributed by atoms with Crippen molar-refractivity contribution in [3.8, 4) is 11.5 Å². The number of benzene rings is 1. The van der Waals surface area contributed by atoms with Crippen LogP contribution < -0.4 is 9.47 Å². The molecule has 1 aromatic rings. The van der Waals surface area contributed by atoms with Gasteiger partial charge in [-0.25, -0.2) is 4.79 Å². The Kier molecular flexibility index (Phi) is 3.03. The third kappa shape index (κ3) is 1.83. The third-order valence-electron chi connectivity index (χ3n) is 4.46. The van der Waals surface area contributed by atoms with E-state index in [-0.39, 0.29) is 18.3 Å². The highest BCUT2D eigenvalue weighted by atomic mass is 16.7. The Bertz CT molecular complexity index is 861. The molecule has 1 aliphatic heterocycles. The number of carbonyl (C=O) groups excluding carboxylic acids is 2. The summed E-state index contributed by atoms with van der Waals surface area (Å²) < 4.78 is 21.0. The van der Waals surface area contributed by atoms with E-state index in [0.29, 0.717) is 17.1 Å². The maximum atomic E-state index is 12.3. The van der Waals surface area contributed by atoms with Crippen molar-refractivity contribution in [1.29, 1.82) is 0 Å². The van der Waals surface area contributed by atoms with E-state index in [1.807, 2.05) is 12.1 Å². The van der Waals surface area contributed by atoms with Crippen molar-refractivity contribution >= 4 is 17.8 Å². The van der Waals surface area contributed by atoms with Gasteiger partial charge in [-0.2, -0.15) is 0 Å². The lowest BCUT2D eigenvalue weighted by molar-refractivity contribution is -0.136. The largest absolute Gasteiger partial charge is 0.493 e. The van der Waals surface area contributed by atoms with E-state index >= 15 is 0 Å². The fourth-order valence-corrected chi connectivity index (χ4v) is 3.30. The van der Waals surface area contributed by atoms with Gasteiger partial charge in [0.05, 0.1) is 25.2 Å². The molecule has 3 aliphatic rings. The number of methoxy groups -OCH3 is 2. The highest BCUT2D eigenvalue weighted by Crippen LogP contribution is 2.50. The van der Waals surface area contributed by atoms with E-state index in [9.17, 15) is 9.59 Å². The molecule has 0 radical (unpaired) electrons. The number of carbonyl (C=O) groups is 2. The van der Waals surface area contributed by atoms with Gasteiger partial charge in [0.2, 0.25) is 12.6 Å². The second kappa shape index (κ2) is 4.99. The second-order valence-corrected chi connectivity index (χ2v) is 5.62. The Morgan fingerprint density at radius 3 is 2.67 bits per heavy atom. The van der Waals surface area contributed by atoms with Crippen molar-refractivity contribution in [2.45, 2.75) is 5.41 Å². The van der Waals surface area contributed by atoms with Crippen LogP contribution in [0.5, 0.6) is 11.5 Å². The SMILES string of the molecule is COC(=O)C1=Cc2cc3c(cc2C12C=CC(=O)C(OC)=C2)OCO3. The zero-order valence-electron chi connectivity index (χ0n) is 13.1. The molecule has 1 spiro atoms. The van der Waals surface area contributed by atoms with E-state index in [2.05, 4.69) is 0 Å². The van der Waals surface area contributed by atoms with Gasteiger partial charge in [0.1, 0.15) is 0 Å². The first-order valence-electron chi connectivity index (χ1n) is 7.34. The quantitative estimate of drug-likeness (QED) is 0.773. The summed E-state index contributed by atoms with van der Waals surface area (Å²) in [6.07, 6.45) is 6.49. The first kappa shape index (κ1) is 14.6. The third-order valence-corrected chi connectivity index (χ3v) is 4.46. The summed E-state index contributed by atoms with van der Waals surface area (Å²) in [7, 11) is 2.75. The van der Waals surface area contributed by atoms with Gasteiger partial charge in [-0.3, -0.25) is 4.79 Å². The number of hydrogen-bond acceptors (Lipinski definition) is 6. The first-order chi connectivity index (χ1) is 11.6. The van der Waals surface area contributed by atoms with Crippen molar-refractivity contribution < 1.29 is 28.5 Å². The Morgan fingerprint density at radius 2 is 1.96 bits per heavy atom. The Labute approximate surface area is 138 Å². The molecule has 6 heteroatoms. The lowest BCUT2D eigenvalue weighted by atomic mass is 9.74. The van der Waals surface area contributed by atoms with E-state index < -0.39 is 11.4 Å². The maximum Gasteiger partial charge on any atom is 0.335 e. The van der Waals surface area contributed by atoms with Crippen LogP contribution >= 0.6 is 0 Å². The van der Waals surface area contributed by atoms with Crippen LogP contribution in [0, 0.1) is 0 Å². The van der Waals surface area contributed by atoms with Gasteiger partial charge >= 0.3 is 5.97 Å². The van der Waals surface area contributed by atoms with Gasteiger partial charge in [-0.1, -0.05) is 6.08 Å². The molecule has 0 N–H and O–H groups in total. The van der Waals surface area contributed by atoms with Crippen molar-refractivity contribution in [1.82, 2.24) is 0 Å². The average Bonchev–Trinajstić information content (AvgIpc) is 3.17. The van der Waals surface area contributed by atoms with Crippen molar-refractivity contribution in [3.05, 3.63) is 52.8 Å². The van der Waals surface area contributed by atoms with Crippen molar-refractivity contribution in [3.63, 3.8) is 0 Å². The fourth-order valence-electron chi connectivity index (χ4n) is 3.30. The molecule has 4 rings (SSSR count). The maximum absolute atomic E-state index is 12.3. The number of ether oxygens (including phenoxy) is 4. The summed E-state index contributed by atoms with van der Waals surface area (Å²) in [5, 5.41) is 0. The molecular formula is C18H14O6. The minimum atomic E-state index is -0.928. The molecule has 0 amide bonds. The molecule has 122 valence electrons. The minimum absolute atomic E-state index is 0.159. The van der Waals surface area contributed by atoms with Gasteiger partial charge in [0.25, 0.3) is 0 Å². The standard InChI is InChI=1S/C18H14O6/c1-21-16-8-18(4-3-13(16)19)11-7-15-14(23-9-24-15)6-10(11)5-12(18)17(20)22-2/h3-8H,9H2,1-2H3. The predicted molar refractivity (Wildman–Crippen MR) is 83.5 cm³/mol. The number of allylic oxidation sites excluding steroid dienone is 3. The lowest BCUT2D eigenvalue weighted by Gasteiger charge is -2.29. The molecule has 1 atom stereocenters. The summed E-state index contributed by atoms with van der Waals surface area (Å²) >= 11 is 0. The van der Waals surface area contributed by atoms with Crippen LogP contribution in [0.2, 0.25) is 0 Å². The Balaban J connectivity index is 1.97. The molecule has 1 aromatic carbocycles. The number of rotatable bonds is 2. The second-order valence-electron chi connectivity index (χ2n) is 5.62. The van der Waals surface area contributed by atoms with Gasteiger partial charge in [-0.15, -0.1) is 0 Å². The minimum Gasteiger partial charge on any atom is -0.493 e. The van der Waals surface area contributed by atoms with E-state index in [0.717, 1.165) is 11.1 Å². The highest BCUT2D eigenvalue weighted by molar-refractivity contribution is 6.08. The number of ketones is 1. The van der Waals surface area contributed by atoms with Crippen molar-refractivity contribution in [2.24, 2.45) is 0 Å². The van der Waals surface area contributed by atoms with Crippen LogP contribution in [0.1, 0.15) is 11.1 Å². The highest BCUT2D eigenvalue weighted by Gasteiger charge is 2.45. The van der Waals surface area contributed by atoms with Gasteiger partial charge in [-0.05, 0) is 41.5 Å². The summed E-state index contributed by atoms with van der Waals surface area (Å²) in [5.74, 6) is 0.682. The number of esters is 1. The van der Waals surface area contributed by atoms with E-state index in [4.69, 9.17) is 18.9 Å². The Hall–Kier alpha value is -3.02. The topological polar surface area (TPSA) is 71.1 Å². The molecule has 2 aliphatic carbocycles. The predicted octanol–water partition coefficient (Wildman–Crippen LogP) is 1.89. The molecule has 0 saturated heterocycles. The van der Waals surface area contributed by atoms with Crippen LogP contribution in [-0.4, -0.2) is 32.8 Å². The van der Waals surface area contributed by atoms with E-state index in [1.165, 1.54) is 20.3 Å². The number of fused-ring (bicyclic) bond motifs is 3. The molecule has 1 heterocycles. The molecule has 0 bridgehead atoms. The summed E-state index contributed by atoms with van der Waals surface area (Å²) in [6, 6.07) is 3.65. The zero-order valence-corrected chi connectivity index (χ0v) is 13.1. The van der Waals surface area contributed by atoms with Crippen LogP contribution in [0.4, 0.5) is 0 Å². The molecule has 0 fully saturated rings. The van der Waals surface area contributed by atoms with Crippen LogP contribution in [-0.2, 0) is 24.5 Å². The number of hydrogen-bond donors (Lipinski definition) is 0. The molecule has 0 aromatic heterocycles. The zero-order chi connectivity index (χ0) is 16.9. The molecule has 24 heavy (non-hydrogen) atoms. The van der Waals surface area contributed by atoms with Crippen LogP contribution in [0.15, 0.2) is 41.7 Å². The smallest absolute Gasteiger partial charge is 0.335 e. The first-order valence-corrected chi connectivity index (χ1v) is 7.34.